The van der Waals surface area contributed by atoms with Gasteiger partial charge in [-0.15, -0.1) is 11.6 Å². The van der Waals surface area contributed by atoms with E-state index < -0.39 is 0 Å². The third kappa shape index (κ3) is 2.73. The molecule has 0 nitrogen and oxygen atoms in total. The summed E-state index contributed by atoms with van der Waals surface area (Å²) in [6.45, 7) is 4.22. The highest BCUT2D eigenvalue weighted by Gasteiger charge is 2.16. The minimum atomic E-state index is -0.136. The summed E-state index contributed by atoms with van der Waals surface area (Å²) < 4.78 is 1.10. The molecule has 106 valence electrons. The van der Waals surface area contributed by atoms with Gasteiger partial charge in [0.1, 0.15) is 0 Å². The zero-order chi connectivity index (χ0) is 15.0. The summed E-state index contributed by atoms with van der Waals surface area (Å²) in [5.74, 6) is 0. The maximum atomic E-state index is 6.82. The molecule has 1 atom stereocenters. The highest BCUT2D eigenvalue weighted by molar-refractivity contribution is 9.10. The van der Waals surface area contributed by atoms with Crippen LogP contribution in [0.3, 0.4) is 0 Å². The molecule has 0 bridgehead atoms. The van der Waals surface area contributed by atoms with Crippen LogP contribution >= 0.6 is 27.5 Å². The van der Waals surface area contributed by atoms with E-state index in [0.29, 0.717) is 0 Å². The van der Waals surface area contributed by atoms with E-state index in [0.717, 1.165) is 10.0 Å². The van der Waals surface area contributed by atoms with Crippen LogP contribution in [0.4, 0.5) is 0 Å². The van der Waals surface area contributed by atoms with Crippen molar-refractivity contribution in [3.8, 4) is 0 Å². The van der Waals surface area contributed by atoms with Gasteiger partial charge in [0.05, 0.1) is 5.38 Å². The first kappa shape index (κ1) is 14.6. The average Bonchev–Trinajstić information content (AvgIpc) is 2.50. The lowest BCUT2D eigenvalue weighted by atomic mass is 9.94. The number of benzene rings is 3. The van der Waals surface area contributed by atoms with Gasteiger partial charge in [-0.3, -0.25) is 0 Å². The quantitative estimate of drug-likeness (QED) is 0.455. The van der Waals surface area contributed by atoms with Gasteiger partial charge in [-0.1, -0.05) is 70.0 Å². The lowest BCUT2D eigenvalue weighted by Crippen LogP contribution is -1.98. The van der Waals surface area contributed by atoms with Gasteiger partial charge in [0.25, 0.3) is 0 Å². The Labute approximate surface area is 138 Å². The van der Waals surface area contributed by atoms with E-state index in [-0.39, 0.29) is 5.38 Å². The van der Waals surface area contributed by atoms with Crippen LogP contribution in [0.5, 0.6) is 0 Å². The van der Waals surface area contributed by atoms with Crippen LogP contribution in [0.1, 0.15) is 27.6 Å². The van der Waals surface area contributed by atoms with Crippen LogP contribution in [0, 0.1) is 13.8 Å². The van der Waals surface area contributed by atoms with Crippen molar-refractivity contribution in [3.63, 3.8) is 0 Å². The minimum Gasteiger partial charge on any atom is -0.113 e. The van der Waals surface area contributed by atoms with Gasteiger partial charge in [-0.05, 0) is 47.4 Å². The largest absolute Gasteiger partial charge is 0.113 e. The topological polar surface area (TPSA) is 0 Å². The Bertz CT molecular complexity index is 808. The van der Waals surface area contributed by atoms with Gasteiger partial charge in [0.2, 0.25) is 0 Å². The molecule has 0 aromatic heterocycles. The van der Waals surface area contributed by atoms with E-state index in [1.54, 1.807) is 0 Å². The van der Waals surface area contributed by atoms with Gasteiger partial charge in [-0.25, -0.2) is 0 Å². The van der Waals surface area contributed by atoms with E-state index in [4.69, 9.17) is 11.6 Å². The maximum Gasteiger partial charge on any atom is 0.0844 e. The Balaban J connectivity index is 2.20. The van der Waals surface area contributed by atoms with E-state index in [1.807, 2.05) is 0 Å². The highest BCUT2D eigenvalue weighted by atomic mass is 79.9. The molecule has 3 aromatic rings. The molecule has 0 heterocycles. The molecule has 2 heteroatoms. The van der Waals surface area contributed by atoms with E-state index >= 15 is 0 Å². The fraction of sp³-hybridized carbons (Fsp3) is 0.158. The van der Waals surface area contributed by atoms with E-state index in [1.165, 1.54) is 27.5 Å². The van der Waals surface area contributed by atoms with Crippen molar-refractivity contribution in [1.29, 1.82) is 0 Å². The van der Waals surface area contributed by atoms with Gasteiger partial charge in [-0.2, -0.15) is 0 Å². The van der Waals surface area contributed by atoms with Crippen LogP contribution in [0.25, 0.3) is 10.8 Å². The summed E-state index contributed by atoms with van der Waals surface area (Å²) in [4.78, 5) is 0. The number of aryl methyl sites for hydroxylation is 2. The van der Waals surface area contributed by atoms with Crippen molar-refractivity contribution in [2.45, 2.75) is 19.2 Å². The maximum absolute atomic E-state index is 6.82. The van der Waals surface area contributed by atoms with Crippen LogP contribution in [0.15, 0.2) is 59.1 Å². The Morgan fingerprint density at radius 1 is 0.857 bits per heavy atom. The number of rotatable bonds is 2. The number of halogens is 2. The zero-order valence-corrected chi connectivity index (χ0v) is 14.4. The van der Waals surface area contributed by atoms with Crippen molar-refractivity contribution in [2.75, 3.05) is 0 Å². The molecule has 0 N–H and O–H groups in total. The fourth-order valence-electron chi connectivity index (χ4n) is 2.71. The molecule has 3 aromatic carbocycles. The Hall–Kier alpha value is -1.31. The second kappa shape index (κ2) is 5.82. The minimum absolute atomic E-state index is 0.136. The molecule has 21 heavy (non-hydrogen) atoms. The van der Waals surface area contributed by atoms with Crippen molar-refractivity contribution in [3.05, 3.63) is 81.3 Å². The van der Waals surface area contributed by atoms with Gasteiger partial charge in [0.15, 0.2) is 0 Å². The third-order valence-corrected chi connectivity index (χ3v) is 5.05. The first-order valence-electron chi connectivity index (χ1n) is 6.96. The monoisotopic (exact) mass is 358 g/mol. The average molecular weight is 360 g/mol. The molecule has 3 rings (SSSR count). The lowest BCUT2D eigenvalue weighted by Gasteiger charge is -2.17. The first-order valence-corrected chi connectivity index (χ1v) is 8.19. The predicted octanol–water partition coefficient (Wildman–Crippen LogP) is 6.55. The number of fused-ring (bicyclic) bond motifs is 1. The molecule has 0 amide bonds. The summed E-state index contributed by atoms with van der Waals surface area (Å²) in [5, 5.41) is 2.27. The van der Waals surface area contributed by atoms with Gasteiger partial charge in [0, 0.05) is 4.47 Å². The van der Waals surface area contributed by atoms with Gasteiger partial charge < -0.3 is 0 Å². The number of hydrogen-bond acceptors (Lipinski definition) is 0. The van der Waals surface area contributed by atoms with E-state index in [2.05, 4.69) is 84.4 Å². The molecule has 0 aliphatic carbocycles. The summed E-state index contributed by atoms with van der Waals surface area (Å²) >= 11 is 10.4. The predicted molar refractivity (Wildman–Crippen MR) is 95.3 cm³/mol. The smallest absolute Gasteiger partial charge is 0.0844 e. The molecule has 0 aliphatic rings. The van der Waals surface area contributed by atoms with E-state index in [9.17, 15) is 0 Å². The molecular weight excluding hydrogens is 344 g/mol. The molecule has 1 unspecified atom stereocenters. The fourth-order valence-corrected chi connectivity index (χ4v) is 3.61. The summed E-state index contributed by atoms with van der Waals surface area (Å²) in [7, 11) is 0. The zero-order valence-electron chi connectivity index (χ0n) is 12.0. The van der Waals surface area contributed by atoms with Crippen LogP contribution in [0.2, 0.25) is 0 Å². The SMILES string of the molecule is Cc1ccc(C)c(C(Cl)c2ccc(Br)c3ccccc23)c1. The Kier molecular flexibility index (Phi) is 4.05. The molecule has 0 saturated carbocycles. The molecule has 0 aliphatic heterocycles. The Morgan fingerprint density at radius 3 is 2.33 bits per heavy atom. The third-order valence-electron chi connectivity index (χ3n) is 3.89. The number of alkyl halides is 1. The first-order chi connectivity index (χ1) is 10.1. The molecule has 0 fully saturated rings. The second-order valence-corrected chi connectivity index (χ2v) is 6.70. The van der Waals surface area contributed by atoms with Crippen molar-refractivity contribution in [2.24, 2.45) is 0 Å². The molecular formula is C19H16BrCl. The van der Waals surface area contributed by atoms with Crippen molar-refractivity contribution < 1.29 is 0 Å². The van der Waals surface area contributed by atoms with Gasteiger partial charge >= 0.3 is 0 Å². The normalized spacial score (nSPS) is 12.6. The number of hydrogen-bond donors (Lipinski definition) is 0. The highest BCUT2D eigenvalue weighted by Crippen LogP contribution is 2.37. The summed E-state index contributed by atoms with van der Waals surface area (Å²) in [5.41, 5.74) is 4.81. The Morgan fingerprint density at radius 2 is 1.57 bits per heavy atom. The molecule has 0 saturated heterocycles. The molecule has 0 radical (unpaired) electrons. The van der Waals surface area contributed by atoms with Crippen LogP contribution < -0.4 is 0 Å². The molecule has 0 spiro atoms. The second-order valence-electron chi connectivity index (χ2n) is 5.40. The lowest BCUT2D eigenvalue weighted by molar-refractivity contribution is 1.12. The summed E-state index contributed by atoms with van der Waals surface area (Å²) in [6, 6.07) is 19.0. The standard InChI is InChI=1S/C19H16BrCl/c1-12-7-8-13(2)17(11-12)19(21)16-9-10-18(20)15-6-4-3-5-14(15)16/h3-11,19H,1-2H3. The van der Waals surface area contributed by atoms with Crippen LogP contribution in [-0.4, -0.2) is 0 Å². The van der Waals surface area contributed by atoms with Crippen molar-refractivity contribution >= 4 is 38.3 Å². The van der Waals surface area contributed by atoms with Crippen molar-refractivity contribution in [1.82, 2.24) is 0 Å². The van der Waals surface area contributed by atoms with Crippen LogP contribution in [-0.2, 0) is 0 Å². The summed E-state index contributed by atoms with van der Waals surface area (Å²) in [6.07, 6.45) is 0.